The van der Waals surface area contributed by atoms with Crippen molar-refractivity contribution >= 4 is 17.6 Å². The van der Waals surface area contributed by atoms with Crippen LogP contribution in [0.5, 0.6) is 0 Å². The van der Waals surface area contributed by atoms with Crippen LogP contribution in [-0.4, -0.2) is 25.8 Å². The van der Waals surface area contributed by atoms with Gasteiger partial charge in [0.15, 0.2) is 5.16 Å². The van der Waals surface area contributed by atoms with E-state index in [2.05, 4.69) is 15.4 Å². The number of aromatic nitrogens is 3. The molecule has 0 amide bonds. The number of amidine groups is 1. The van der Waals surface area contributed by atoms with Gasteiger partial charge in [0.1, 0.15) is 11.7 Å². The van der Waals surface area contributed by atoms with Gasteiger partial charge in [0.05, 0.1) is 0 Å². The highest BCUT2D eigenvalue weighted by atomic mass is 32.2. The van der Waals surface area contributed by atoms with Crippen LogP contribution in [0.25, 0.3) is 0 Å². The Kier molecular flexibility index (Phi) is 4.62. The maximum absolute atomic E-state index is 8.78. The van der Waals surface area contributed by atoms with E-state index in [4.69, 9.17) is 10.9 Å². The first-order valence-electron chi connectivity index (χ1n) is 6.15. The monoisotopic (exact) mass is 291 g/mol. The smallest absolute Gasteiger partial charge is 0.191 e. The summed E-state index contributed by atoms with van der Waals surface area (Å²) in [6, 6.07) is 9.94. The van der Waals surface area contributed by atoms with Gasteiger partial charge in [0, 0.05) is 18.7 Å². The molecule has 3 N–H and O–H groups in total. The van der Waals surface area contributed by atoms with Crippen LogP contribution < -0.4 is 5.73 Å². The highest BCUT2D eigenvalue weighted by Crippen LogP contribution is 2.36. The molecule has 106 valence electrons. The van der Waals surface area contributed by atoms with Gasteiger partial charge in [-0.1, -0.05) is 47.2 Å². The molecular weight excluding hydrogens is 274 g/mol. The number of thioether (sulfide) groups is 1. The maximum atomic E-state index is 8.78. The summed E-state index contributed by atoms with van der Waals surface area (Å²) < 4.78 is 1.92. The van der Waals surface area contributed by atoms with E-state index in [-0.39, 0.29) is 11.1 Å². The molecule has 2 rings (SSSR count). The fourth-order valence-corrected chi connectivity index (χ4v) is 2.92. The second-order valence-corrected chi connectivity index (χ2v) is 5.57. The second kappa shape index (κ2) is 6.42. The predicted molar refractivity (Wildman–Crippen MR) is 78.8 cm³/mol. The van der Waals surface area contributed by atoms with Crippen molar-refractivity contribution in [1.29, 1.82) is 0 Å². The van der Waals surface area contributed by atoms with Crippen LogP contribution in [0.2, 0.25) is 0 Å². The Labute approximate surface area is 121 Å². The van der Waals surface area contributed by atoms with Crippen LogP contribution in [-0.2, 0) is 7.05 Å². The van der Waals surface area contributed by atoms with Gasteiger partial charge in [-0.25, -0.2) is 0 Å². The van der Waals surface area contributed by atoms with Gasteiger partial charge in [-0.05, 0) is 12.5 Å². The minimum absolute atomic E-state index is 0.0226. The summed E-state index contributed by atoms with van der Waals surface area (Å²) >= 11 is 1.55. The van der Waals surface area contributed by atoms with E-state index >= 15 is 0 Å². The Bertz CT molecular complexity index is 596. The summed E-state index contributed by atoms with van der Waals surface area (Å²) in [6.45, 7) is 1.90. The zero-order chi connectivity index (χ0) is 14.5. The Morgan fingerprint density at radius 1 is 1.40 bits per heavy atom. The fourth-order valence-electron chi connectivity index (χ4n) is 1.74. The average molecular weight is 291 g/mol. The molecule has 1 heterocycles. The topological polar surface area (TPSA) is 89.3 Å². The van der Waals surface area contributed by atoms with Crippen molar-refractivity contribution in [3.63, 3.8) is 0 Å². The summed E-state index contributed by atoms with van der Waals surface area (Å²) in [6.07, 6.45) is 0.442. The largest absolute Gasteiger partial charge is 0.409 e. The standard InChI is InChI=1S/C13H17N5OS/c1-9-15-16-13(18(9)2)20-11(8-12(14)17-19)10-6-4-3-5-7-10/h3-7,11,19H,8H2,1-2H3,(H2,14,17). The van der Waals surface area contributed by atoms with Gasteiger partial charge in [0.2, 0.25) is 0 Å². The van der Waals surface area contributed by atoms with Gasteiger partial charge in [-0.2, -0.15) is 0 Å². The van der Waals surface area contributed by atoms with E-state index in [1.54, 1.807) is 11.8 Å². The average Bonchev–Trinajstić information content (AvgIpc) is 2.79. The molecule has 0 saturated heterocycles. The number of aryl methyl sites for hydroxylation is 1. The lowest BCUT2D eigenvalue weighted by Crippen LogP contribution is -2.15. The SMILES string of the molecule is Cc1nnc(SC(CC(N)=NO)c2ccccc2)n1C. The molecule has 1 atom stereocenters. The summed E-state index contributed by atoms with van der Waals surface area (Å²) in [7, 11) is 1.92. The summed E-state index contributed by atoms with van der Waals surface area (Å²) in [4.78, 5) is 0. The maximum Gasteiger partial charge on any atom is 0.191 e. The third kappa shape index (κ3) is 3.30. The van der Waals surface area contributed by atoms with Crippen molar-refractivity contribution in [2.24, 2.45) is 17.9 Å². The first-order chi connectivity index (χ1) is 9.61. The molecule has 0 saturated carbocycles. The van der Waals surface area contributed by atoms with Crippen molar-refractivity contribution in [1.82, 2.24) is 14.8 Å². The van der Waals surface area contributed by atoms with Crippen LogP contribution in [0.4, 0.5) is 0 Å². The molecule has 0 aliphatic heterocycles. The zero-order valence-corrected chi connectivity index (χ0v) is 12.2. The number of oxime groups is 1. The molecule has 0 aliphatic carbocycles. The first-order valence-corrected chi connectivity index (χ1v) is 7.03. The van der Waals surface area contributed by atoms with Gasteiger partial charge in [0.25, 0.3) is 0 Å². The molecule has 0 spiro atoms. The summed E-state index contributed by atoms with van der Waals surface area (Å²) in [5.41, 5.74) is 6.75. The van der Waals surface area contributed by atoms with Crippen LogP contribution >= 0.6 is 11.8 Å². The quantitative estimate of drug-likeness (QED) is 0.289. The number of benzene rings is 1. The molecule has 6 nitrogen and oxygen atoms in total. The van der Waals surface area contributed by atoms with Gasteiger partial charge in [-0.15, -0.1) is 10.2 Å². The lowest BCUT2D eigenvalue weighted by molar-refractivity contribution is 0.317. The first kappa shape index (κ1) is 14.4. The van der Waals surface area contributed by atoms with Crippen LogP contribution in [0.3, 0.4) is 0 Å². The minimum Gasteiger partial charge on any atom is -0.409 e. The van der Waals surface area contributed by atoms with Crippen molar-refractivity contribution in [3.05, 3.63) is 41.7 Å². The zero-order valence-electron chi connectivity index (χ0n) is 11.4. The van der Waals surface area contributed by atoms with Crippen LogP contribution in [0, 0.1) is 6.92 Å². The van der Waals surface area contributed by atoms with E-state index in [0.29, 0.717) is 6.42 Å². The molecule has 0 fully saturated rings. The second-order valence-electron chi connectivity index (χ2n) is 4.40. The van der Waals surface area contributed by atoms with Crippen molar-refractivity contribution in [2.45, 2.75) is 23.8 Å². The number of nitrogens with two attached hydrogens (primary N) is 1. The molecule has 0 bridgehead atoms. The van der Waals surface area contributed by atoms with Crippen molar-refractivity contribution in [2.75, 3.05) is 0 Å². The molecule has 0 aliphatic rings. The van der Waals surface area contributed by atoms with Gasteiger partial charge < -0.3 is 15.5 Å². The molecular formula is C13H17N5OS. The van der Waals surface area contributed by atoms with Gasteiger partial charge in [-0.3, -0.25) is 0 Å². The Morgan fingerprint density at radius 3 is 2.65 bits per heavy atom. The third-order valence-electron chi connectivity index (χ3n) is 2.99. The molecule has 7 heteroatoms. The Hall–Kier alpha value is -2.02. The number of hydrogen-bond donors (Lipinski definition) is 2. The molecule has 1 aromatic heterocycles. The third-order valence-corrected chi connectivity index (χ3v) is 4.28. The fraction of sp³-hybridized carbons (Fsp3) is 0.308. The molecule has 20 heavy (non-hydrogen) atoms. The van der Waals surface area contributed by atoms with E-state index in [1.807, 2.05) is 48.9 Å². The lowest BCUT2D eigenvalue weighted by atomic mass is 10.1. The van der Waals surface area contributed by atoms with Crippen molar-refractivity contribution < 1.29 is 5.21 Å². The summed E-state index contributed by atoms with van der Waals surface area (Å²) in [5, 5.41) is 20.9. The summed E-state index contributed by atoms with van der Waals surface area (Å²) in [5.74, 6) is 1.05. The molecule has 1 unspecified atom stereocenters. The van der Waals surface area contributed by atoms with E-state index < -0.39 is 0 Å². The number of nitrogens with zero attached hydrogens (tertiary/aromatic N) is 4. The Balaban J connectivity index is 2.25. The highest BCUT2D eigenvalue weighted by Gasteiger charge is 2.18. The van der Waals surface area contributed by atoms with Crippen LogP contribution in [0.1, 0.15) is 23.1 Å². The highest BCUT2D eigenvalue weighted by molar-refractivity contribution is 7.99. The molecule has 1 aromatic carbocycles. The number of rotatable bonds is 5. The van der Waals surface area contributed by atoms with E-state index in [1.165, 1.54) is 0 Å². The van der Waals surface area contributed by atoms with Crippen molar-refractivity contribution in [3.8, 4) is 0 Å². The predicted octanol–water partition coefficient (Wildman–Crippen LogP) is 2.09. The molecule has 2 aromatic rings. The van der Waals surface area contributed by atoms with Gasteiger partial charge >= 0.3 is 0 Å². The van der Waals surface area contributed by atoms with E-state index in [0.717, 1.165) is 16.5 Å². The van der Waals surface area contributed by atoms with Crippen LogP contribution in [0.15, 0.2) is 40.6 Å². The number of hydrogen-bond acceptors (Lipinski definition) is 5. The minimum atomic E-state index is 0.0226. The normalized spacial score (nSPS) is 13.4. The Morgan fingerprint density at radius 2 is 2.10 bits per heavy atom. The van der Waals surface area contributed by atoms with E-state index in [9.17, 15) is 0 Å². The lowest BCUT2D eigenvalue weighted by Gasteiger charge is -2.15. The molecule has 0 radical (unpaired) electrons.